The van der Waals surface area contributed by atoms with Crippen molar-refractivity contribution in [3.63, 3.8) is 0 Å². The van der Waals surface area contributed by atoms with E-state index in [2.05, 4.69) is 24.3 Å². The molecule has 1 aromatic heterocycles. The fourth-order valence-corrected chi connectivity index (χ4v) is 3.89. The predicted octanol–water partition coefficient (Wildman–Crippen LogP) is 5.87. The second kappa shape index (κ2) is 10.2. The van der Waals surface area contributed by atoms with Crippen LogP contribution in [0.2, 0.25) is 0 Å². The van der Waals surface area contributed by atoms with Gasteiger partial charge in [-0.05, 0) is 39.3 Å². The van der Waals surface area contributed by atoms with E-state index in [4.69, 9.17) is 19.5 Å². The number of carbonyl (C=O) groups is 1. The molecule has 1 fully saturated rings. The zero-order valence-corrected chi connectivity index (χ0v) is 20.2. The molecule has 1 atom stereocenters. The molecule has 1 saturated heterocycles. The van der Waals surface area contributed by atoms with Crippen molar-refractivity contribution >= 4 is 17.5 Å². The average Bonchev–Trinajstić information content (AvgIpc) is 2.83. The Hall–Kier alpha value is -3.51. The van der Waals surface area contributed by atoms with Crippen LogP contribution in [0.4, 0.5) is 10.5 Å². The number of hydrogen-bond donors (Lipinski definition) is 0. The molecule has 2 heterocycles. The molecule has 176 valence electrons. The minimum atomic E-state index is -0.534. The van der Waals surface area contributed by atoms with E-state index in [-0.39, 0.29) is 12.2 Å². The number of benzene rings is 2. The first kappa shape index (κ1) is 23.6. The highest BCUT2D eigenvalue weighted by molar-refractivity contribution is 6.13. The van der Waals surface area contributed by atoms with Crippen molar-refractivity contribution < 1.29 is 14.3 Å². The minimum absolute atomic E-state index is 0.304. The number of aryl methyl sites for hydroxylation is 1. The van der Waals surface area contributed by atoms with Crippen molar-refractivity contribution in [2.45, 2.75) is 39.4 Å². The third-order valence-electron chi connectivity index (χ3n) is 5.46. The number of morpholine rings is 1. The summed E-state index contributed by atoms with van der Waals surface area (Å²) in [6.07, 6.45) is 1.14. The monoisotopic (exact) mass is 457 g/mol. The molecule has 0 radical (unpaired) electrons. The Morgan fingerprint density at radius 3 is 2.24 bits per heavy atom. The second-order valence-electron chi connectivity index (χ2n) is 9.37. The number of pyridine rings is 1. The lowest BCUT2D eigenvalue weighted by molar-refractivity contribution is -0.0449. The number of nitrogens with zero attached hydrogens (tertiary/aromatic N) is 3. The molecule has 1 amide bonds. The van der Waals surface area contributed by atoms with Crippen LogP contribution in [-0.4, -0.2) is 47.0 Å². The molecule has 0 saturated carbocycles. The number of carbonyl (C=O) groups excluding carboxylic acids is 1. The first-order valence-electron chi connectivity index (χ1n) is 11.6. The number of amides is 1. The van der Waals surface area contributed by atoms with Gasteiger partial charge in [-0.25, -0.2) is 9.79 Å². The van der Waals surface area contributed by atoms with Crippen LogP contribution in [0, 0.1) is 6.92 Å². The van der Waals surface area contributed by atoms with E-state index in [1.807, 2.05) is 70.2 Å². The minimum Gasteiger partial charge on any atom is -0.444 e. The lowest BCUT2D eigenvalue weighted by atomic mass is 10.0. The molecule has 0 N–H and O–H groups in total. The summed E-state index contributed by atoms with van der Waals surface area (Å²) in [5, 5.41) is 0. The van der Waals surface area contributed by atoms with Gasteiger partial charge in [-0.1, -0.05) is 60.7 Å². The normalized spacial score (nSPS) is 16.1. The number of hydrogen-bond acceptors (Lipinski definition) is 5. The van der Waals surface area contributed by atoms with Gasteiger partial charge in [0.1, 0.15) is 11.7 Å². The Bertz CT molecular complexity index is 1110. The lowest BCUT2D eigenvalue weighted by Crippen LogP contribution is -2.45. The van der Waals surface area contributed by atoms with Crippen molar-refractivity contribution in [2.24, 2.45) is 4.99 Å². The molecule has 0 spiro atoms. The van der Waals surface area contributed by atoms with Gasteiger partial charge in [-0.15, -0.1) is 0 Å². The molecule has 0 aliphatic carbocycles. The summed E-state index contributed by atoms with van der Waals surface area (Å²) in [6.45, 7) is 8.96. The smallest absolute Gasteiger partial charge is 0.410 e. The number of aromatic nitrogens is 1. The second-order valence-corrected chi connectivity index (χ2v) is 9.37. The van der Waals surface area contributed by atoms with Crippen LogP contribution in [0.15, 0.2) is 77.9 Å². The summed E-state index contributed by atoms with van der Waals surface area (Å²) < 4.78 is 11.5. The van der Waals surface area contributed by atoms with Crippen LogP contribution in [-0.2, 0) is 9.47 Å². The summed E-state index contributed by atoms with van der Waals surface area (Å²) in [7, 11) is 0. The number of ether oxygens (including phenoxy) is 2. The summed E-state index contributed by atoms with van der Waals surface area (Å²) >= 11 is 0. The maximum atomic E-state index is 12.5. The Balaban J connectivity index is 1.59. The summed E-state index contributed by atoms with van der Waals surface area (Å²) in [5.41, 5.74) is 4.99. The Morgan fingerprint density at radius 1 is 1.06 bits per heavy atom. The average molecular weight is 458 g/mol. The lowest BCUT2D eigenvalue weighted by Gasteiger charge is -2.34. The van der Waals surface area contributed by atoms with E-state index in [0.717, 1.165) is 33.8 Å². The molecule has 0 bridgehead atoms. The summed E-state index contributed by atoms with van der Waals surface area (Å²) in [4.78, 5) is 23.9. The molecule has 3 aromatic rings. The zero-order chi connectivity index (χ0) is 24.1. The van der Waals surface area contributed by atoms with Crippen LogP contribution in [0.25, 0.3) is 0 Å². The van der Waals surface area contributed by atoms with Crippen LogP contribution < -0.4 is 0 Å². The third kappa shape index (κ3) is 5.88. The van der Waals surface area contributed by atoms with Crippen molar-refractivity contribution in [1.29, 1.82) is 0 Å². The van der Waals surface area contributed by atoms with Gasteiger partial charge in [0.25, 0.3) is 0 Å². The van der Waals surface area contributed by atoms with Gasteiger partial charge in [0, 0.05) is 17.7 Å². The van der Waals surface area contributed by atoms with Crippen molar-refractivity contribution in [3.05, 3.63) is 95.3 Å². The highest BCUT2D eigenvalue weighted by Crippen LogP contribution is 2.27. The quantitative estimate of drug-likeness (QED) is 0.460. The van der Waals surface area contributed by atoms with Gasteiger partial charge in [0.15, 0.2) is 0 Å². The van der Waals surface area contributed by atoms with E-state index < -0.39 is 5.60 Å². The molecule has 34 heavy (non-hydrogen) atoms. The van der Waals surface area contributed by atoms with E-state index in [1.165, 1.54) is 0 Å². The summed E-state index contributed by atoms with van der Waals surface area (Å²) in [6, 6.07) is 22.3. The molecule has 6 nitrogen and oxygen atoms in total. The van der Waals surface area contributed by atoms with Crippen molar-refractivity contribution in [2.75, 3.05) is 19.7 Å². The van der Waals surface area contributed by atoms with Crippen LogP contribution in [0.3, 0.4) is 0 Å². The largest absolute Gasteiger partial charge is 0.444 e. The van der Waals surface area contributed by atoms with Gasteiger partial charge in [-0.3, -0.25) is 4.98 Å². The molecule has 6 heteroatoms. The fraction of sp³-hybridized carbons (Fsp3) is 0.321. The molecular weight excluding hydrogens is 426 g/mol. The number of rotatable bonds is 4. The fourth-order valence-electron chi connectivity index (χ4n) is 3.89. The summed E-state index contributed by atoms with van der Waals surface area (Å²) in [5.74, 6) is 0. The van der Waals surface area contributed by atoms with E-state index in [1.54, 1.807) is 11.1 Å². The van der Waals surface area contributed by atoms with Gasteiger partial charge in [-0.2, -0.15) is 0 Å². The van der Waals surface area contributed by atoms with Crippen LogP contribution in [0.1, 0.15) is 49.3 Å². The number of aliphatic imine (C=N–C) groups is 1. The van der Waals surface area contributed by atoms with E-state index in [9.17, 15) is 4.79 Å². The topological polar surface area (TPSA) is 64.0 Å². The first-order chi connectivity index (χ1) is 16.3. The van der Waals surface area contributed by atoms with Crippen molar-refractivity contribution in [1.82, 2.24) is 9.88 Å². The maximum absolute atomic E-state index is 12.5. The molecule has 2 aromatic carbocycles. The molecule has 1 aliphatic rings. The van der Waals surface area contributed by atoms with Crippen LogP contribution >= 0.6 is 0 Å². The van der Waals surface area contributed by atoms with E-state index in [0.29, 0.717) is 19.7 Å². The van der Waals surface area contributed by atoms with E-state index >= 15 is 0 Å². The van der Waals surface area contributed by atoms with Gasteiger partial charge in [0.05, 0.1) is 36.4 Å². The highest BCUT2D eigenvalue weighted by atomic mass is 16.6. The SMILES string of the molecule is Cc1cc(N=C(c2ccccc2)c2ccccc2)cnc1C1CN(C(=O)OC(C)(C)C)CCO1. The Kier molecular flexibility index (Phi) is 7.08. The Morgan fingerprint density at radius 2 is 1.68 bits per heavy atom. The molecule has 1 unspecified atom stereocenters. The van der Waals surface area contributed by atoms with Crippen LogP contribution in [0.5, 0.6) is 0 Å². The van der Waals surface area contributed by atoms with Crippen molar-refractivity contribution in [3.8, 4) is 0 Å². The standard InChI is InChI=1S/C28H31N3O3/c1-20-17-23(30-26(21-11-7-5-8-12-21)22-13-9-6-10-14-22)18-29-25(20)24-19-31(15-16-33-24)27(32)34-28(2,3)4/h5-14,17-18,24H,15-16,19H2,1-4H3. The predicted molar refractivity (Wildman–Crippen MR) is 134 cm³/mol. The van der Waals surface area contributed by atoms with Gasteiger partial charge in [0.2, 0.25) is 0 Å². The Labute approximate surface area is 201 Å². The third-order valence-corrected chi connectivity index (χ3v) is 5.46. The molecule has 4 rings (SSSR count). The highest BCUT2D eigenvalue weighted by Gasteiger charge is 2.30. The van der Waals surface area contributed by atoms with Gasteiger partial charge < -0.3 is 14.4 Å². The zero-order valence-electron chi connectivity index (χ0n) is 20.2. The van der Waals surface area contributed by atoms with Gasteiger partial charge >= 0.3 is 6.09 Å². The maximum Gasteiger partial charge on any atom is 0.410 e. The first-order valence-corrected chi connectivity index (χ1v) is 11.6. The molecule has 1 aliphatic heterocycles. The molecular formula is C28H31N3O3.